The van der Waals surface area contributed by atoms with Gasteiger partial charge in [0.1, 0.15) is 0 Å². The first-order chi connectivity index (χ1) is 5.81. The summed E-state index contributed by atoms with van der Waals surface area (Å²) in [5, 5.41) is 9.74. The fraction of sp³-hybridized carbons (Fsp3) is 1.00. The molecular weight excluding hydrogens is 156 g/mol. The van der Waals surface area contributed by atoms with Crippen LogP contribution in [-0.2, 0) is 9.47 Å². The summed E-state index contributed by atoms with van der Waals surface area (Å²) in [5.74, 6) is 1.77. The van der Waals surface area contributed by atoms with Crippen LogP contribution in [0.5, 0.6) is 0 Å². The summed E-state index contributed by atoms with van der Waals surface area (Å²) in [6, 6.07) is 0. The number of aliphatic hydroxyl groups excluding tert-OH is 1. The molecule has 1 aliphatic heterocycles. The van der Waals surface area contributed by atoms with Gasteiger partial charge in [0.2, 0.25) is 0 Å². The number of hydrogen-bond acceptors (Lipinski definition) is 3. The zero-order chi connectivity index (χ0) is 8.29. The lowest BCUT2D eigenvalue weighted by Gasteiger charge is -2.20. The number of ether oxygens (including phenoxy) is 2. The predicted molar refractivity (Wildman–Crippen MR) is 41.4 cm³/mol. The lowest BCUT2D eigenvalue weighted by molar-refractivity contribution is -0.145. The van der Waals surface area contributed by atoms with Crippen LogP contribution in [0.1, 0.15) is 12.8 Å². The van der Waals surface area contributed by atoms with Gasteiger partial charge in [-0.05, 0) is 24.7 Å². The normalized spacial score (nSPS) is 61.5. The zero-order valence-corrected chi connectivity index (χ0v) is 7.14. The van der Waals surface area contributed by atoms with Gasteiger partial charge in [0.25, 0.3) is 0 Å². The van der Waals surface area contributed by atoms with Gasteiger partial charge in [-0.15, -0.1) is 0 Å². The molecule has 3 heteroatoms. The van der Waals surface area contributed by atoms with Crippen LogP contribution in [0.15, 0.2) is 0 Å². The van der Waals surface area contributed by atoms with Crippen molar-refractivity contribution in [2.75, 3.05) is 7.11 Å². The van der Waals surface area contributed by atoms with Crippen molar-refractivity contribution in [3.8, 4) is 0 Å². The van der Waals surface area contributed by atoms with Crippen molar-refractivity contribution in [3.63, 3.8) is 0 Å². The van der Waals surface area contributed by atoms with E-state index < -0.39 is 0 Å². The maximum atomic E-state index is 9.74. The Bertz CT molecular complexity index is 204. The second-order valence-corrected chi connectivity index (χ2v) is 4.23. The van der Waals surface area contributed by atoms with E-state index in [4.69, 9.17) is 9.47 Å². The van der Waals surface area contributed by atoms with Crippen LogP contribution in [0.3, 0.4) is 0 Å². The minimum absolute atomic E-state index is 0.0397. The van der Waals surface area contributed by atoms with Gasteiger partial charge in [-0.3, -0.25) is 0 Å². The monoisotopic (exact) mass is 170 g/mol. The topological polar surface area (TPSA) is 38.7 Å². The summed E-state index contributed by atoms with van der Waals surface area (Å²) in [6.07, 6.45) is 1.99. The first-order valence-corrected chi connectivity index (χ1v) is 4.67. The van der Waals surface area contributed by atoms with E-state index in [9.17, 15) is 5.11 Å². The Hall–Kier alpha value is -0.120. The van der Waals surface area contributed by atoms with Gasteiger partial charge >= 0.3 is 0 Å². The largest absolute Gasteiger partial charge is 0.390 e. The second-order valence-electron chi connectivity index (χ2n) is 4.23. The molecule has 1 heterocycles. The van der Waals surface area contributed by atoms with Crippen molar-refractivity contribution in [3.05, 3.63) is 0 Å². The lowest BCUT2D eigenvalue weighted by atomic mass is 9.88. The SMILES string of the molecule is COC1OC2CC1C1CC1C2O. The number of hydrogen-bond donors (Lipinski definition) is 1. The predicted octanol–water partition coefficient (Wildman–Crippen LogP) is 0.375. The Labute approximate surface area is 71.7 Å². The molecule has 3 rings (SSSR count). The number of methoxy groups -OCH3 is 1. The zero-order valence-electron chi connectivity index (χ0n) is 7.14. The number of rotatable bonds is 1. The van der Waals surface area contributed by atoms with E-state index in [1.54, 1.807) is 7.11 Å². The maximum absolute atomic E-state index is 9.74. The molecule has 1 saturated heterocycles. The van der Waals surface area contributed by atoms with Gasteiger partial charge in [-0.1, -0.05) is 0 Å². The molecule has 6 atom stereocenters. The molecule has 0 spiro atoms. The Morgan fingerprint density at radius 1 is 1.25 bits per heavy atom. The molecule has 0 amide bonds. The van der Waals surface area contributed by atoms with Gasteiger partial charge in [0, 0.05) is 13.0 Å². The molecule has 3 nitrogen and oxygen atoms in total. The highest BCUT2D eigenvalue weighted by Crippen LogP contribution is 2.58. The van der Waals surface area contributed by atoms with Crippen LogP contribution in [0.4, 0.5) is 0 Å². The molecule has 3 aliphatic rings. The minimum atomic E-state index is -0.216. The molecule has 3 fully saturated rings. The van der Waals surface area contributed by atoms with Crippen molar-refractivity contribution < 1.29 is 14.6 Å². The fourth-order valence-electron chi connectivity index (χ4n) is 2.93. The highest BCUT2D eigenvalue weighted by molar-refractivity contribution is 5.07. The van der Waals surface area contributed by atoms with E-state index in [-0.39, 0.29) is 18.5 Å². The number of fused-ring (bicyclic) bond motifs is 4. The highest BCUT2D eigenvalue weighted by atomic mass is 16.7. The Balaban J connectivity index is 1.85. The number of aliphatic hydroxyl groups is 1. The molecule has 6 unspecified atom stereocenters. The van der Waals surface area contributed by atoms with Gasteiger partial charge in [-0.2, -0.15) is 0 Å². The van der Waals surface area contributed by atoms with Crippen LogP contribution in [0, 0.1) is 17.8 Å². The molecule has 2 bridgehead atoms. The van der Waals surface area contributed by atoms with Gasteiger partial charge in [-0.25, -0.2) is 0 Å². The summed E-state index contributed by atoms with van der Waals surface area (Å²) >= 11 is 0. The van der Waals surface area contributed by atoms with Gasteiger partial charge in [0.05, 0.1) is 12.2 Å². The average Bonchev–Trinajstić information content (AvgIpc) is 2.78. The van der Waals surface area contributed by atoms with E-state index in [0.717, 1.165) is 6.42 Å². The Morgan fingerprint density at radius 2 is 2.08 bits per heavy atom. The average molecular weight is 170 g/mol. The van der Waals surface area contributed by atoms with Crippen molar-refractivity contribution in [2.45, 2.75) is 31.3 Å². The third-order valence-corrected chi connectivity index (χ3v) is 3.66. The quantitative estimate of drug-likeness (QED) is 0.618. The summed E-state index contributed by atoms with van der Waals surface area (Å²) in [7, 11) is 1.69. The van der Waals surface area contributed by atoms with E-state index in [2.05, 4.69) is 0 Å². The molecule has 0 aromatic carbocycles. The highest BCUT2D eigenvalue weighted by Gasteiger charge is 2.60. The molecule has 2 aliphatic carbocycles. The molecule has 1 N–H and O–H groups in total. The molecule has 12 heavy (non-hydrogen) atoms. The Morgan fingerprint density at radius 3 is 2.83 bits per heavy atom. The van der Waals surface area contributed by atoms with E-state index >= 15 is 0 Å². The lowest BCUT2D eigenvalue weighted by Crippen LogP contribution is -2.31. The van der Waals surface area contributed by atoms with Crippen LogP contribution in [0.25, 0.3) is 0 Å². The summed E-state index contributed by atoms with van der Waals surface area (Å²) in [6.45, 7) is 0. The summed E-state index contributed by atoms with van der Waals surface area (Å²) < 4.78 is 10.8. The Kier molecular flexibility index (Phi) is 1.35. The van der Waals surface area contributed by atoms with Crippen LogP contribution in [0.2, 0.25) is 0 Å². The van der Waals surface area contributed by atoms with E-state index in [0.29, 0.717) is 17.8 Å². The van der Waals surface area contributed by atoms with Crippen LogP contribution >= 0.6 is 0 Å². The third kappa shape index (κ3) is 0.767. The standard InChI is InChI=1S/C9H14O3/c1-11-9-6-3-7(12-9)8(10)5-2-4(5)6/h4-10H,2-3H2,1H3. The molecule has 0 aromatic heterocycles. The van der Waals surface area contributed by atoms with E-state index in [1.807, 2.05) is 0 Å². The second kappa shape index (κ2) is 2.22. The minimum Gasteiger partial charge on any atom is -0.390 e. The third-order valence-electron chi connectivity index (χ3n) is 3.66. The van der Waals surface area contributed by atoms with Crippen molar-refractivity contribution >= 4 is 0 Å². The van der Waals surface area contributed by atoms with Crippen LogP contribution < -0.4 is 0 Å². The van der Waals surface area contributed by atoms with Crippen molar-refractivity contribution in [2.24, 2.45) is 17.8 Å². The fourth-order valence-corrected chi connectivity index (χ4v) is 2.93. The molecule has 0 radical (unpaired) electrons. The molecule has 0 aromatic rings. The summed E-state index contributed by atoms with van der Waals surface area (Å²) in [4.78, 5) is 0. The first-order valence-electron chi connectivity index (χ1n) is 4.67. The van der Waals surface area contributed by atoms with Gasteiger partial charge in [0.15, 0.2) is 6.29 Å². The summed E-state index contributed by atoms with van der Waals surface area (Å²) in [5.41, 5.74) is 0. The maximum Gasteiger partial charge on any atom is 0.160 e. The smallest absolute Gasteiger partial charge is 0.160 e. The molecule has 2 saturated carbocycles. The molecule has 68 valence electrons. The van der Waals surface area contributed by atoms with Crippen molar-refractivity contribution in [1.82, 2.24) is 0 Å². The molecular formula is C9H14O3. The van der Waals surface area contributed by atoms with E-state index in [1.165, 1.54) is 6.42 Å². The van der Waals surface area contributed by atoms with Crippen molar-refractivity contribution in [1.29, 1.82) is 0 Å². The van der Waals surface area contributed by atoms with Gasteiger partial charge < -0.3 is 14.6 Å². The first kappa shape index (κ1) is 7.30. The van der Waals surface area contributed by atoms with Crippen LogP contribution in [-0.4, -0.2) is 30.7 Å².